The van der Waals surface area contributed by atoms with Crippen LogP contribution in [0.15, 0.2) is 24.3 Å². The van der Waals surface area contributed by atoms with Gasteiger partial charge in [0.15, 0.2) is 0 Å². The predicted octanol–water partition coefficient (Wildman–Crippen LogP) is 4.08. The number of rotatable bonds is 3. The van der Waals surface area contributed by atoms with E-state index in [2.05, 4.69) is 15.9 Å². The SMILES string of the molecule is CCOc1ccc(C(Br)C(F)(F)F)cc1. The first-order valence-electron chi connectivity index (χ1n) is 4.38. The quantitative estimate of drug-likeness (QED) is 0.759. The van der Waals surface area contributed by atoms with E-state index in [1.165, 1.54) is 24.3 Å². The Labute approximate surface area is 94.4 Å². The molecule has 1 atom stereocenters. The summed E-state index contributed by atoms with van der Waals surface area (Å²) < 4.78 is 42.0. The van der Waals surface area contributed by atoms with E-state index in [9.17, 15) is 13.2 Å². The van der Waals surface area contributed by atoms with Crippen molar-refractivity contribution in [2.45, 2.75) is 17.9 Å². The Kier molecular flexibility index (Phi) is 4.02. The van der Waals surface area contributed by atoms with Gasteiger partial charge in [-0.2, -0.15) is 13.2 Å². The highest BCUT2D eigenvalue weighted by Gasteiger charge is 2.38. The van der Waals surface area contributed by atoms with Crippen LogP contribution in [0.5, 0.6) is 5.75 Å². The van der Waals surface area contributed by atoms with Crippen LogP contribution in [-0.4, -0.2) is 12.8 Å². The molecular formula is C10H10BrF3O. The number of hydrogen-bond donors (Lipinski definition) is 0. The first-order chi connectivity index (χ1) is 6.95. The molecule has 15 heavy (non-hydrogen) atoms. The van der Waals surface area contributed by atoms with Crippen molar-refractivity contribution in [1.82, 2.24) is 0 Å². The third-order valence-electron chi connectivity index (χ3n) is 1.77. The lowest BCUT2D eigenvalue weighted by molar-refractivity contribution is -0.128. The first-order valence-corrected chi connectivity index (χ1v) is 5.30. The molecule has 1 nitrogen and oxygen atoms in total. The predicted molar refractivity (Wildman–Crippen MR) is 55.3 cm³/mol. The van der Waals surface area contributed by atoms with Crippen LogP contribution in [0, 0.1) is 0 Å². The Hall–Kier alpha value is -0.710. The van der Waals surface area contributed by atoms with Crippen molar-refractivity contribution in [1.29, 1.82) is 0 Å². The van der Waals surface area contributed by atoms with Crippen LogP contribution in [0.1, 0.15) is 17.3 Å². The van der Waals surface area contributed by atoms with Crippen LogP contribution in [0.4, 0.5) is 13.2 Å². The van der Waals surface area contributed by atoms with Crippen molar-refractivity contribution in [3.05, 3.63) is 29.8 Å². The summed E-state index contributed by atoms with van der Waals surface area (Å²) in [5.74, 6) is 0.572. The maximum absolute atomic E-state index is 12.3. The molecule has 0 fully saturated rings. The molecule has 0 saturated heterocycles. The van der Waals surface area contributed by atoms with E-state index in [-0.39, 0.29) is 5.56 Å². The lowest BCUT2D eigenvalue weighted by Gasteiger charge is -2.14. The molecule has 0 N–H and O–H groups in total. The molecule has 84 valence electrons. The highest BCUT2D eigenvalue weighted by Crippen LogP contribution is 2.39. The number of alkyl halides is 4. The lowest BCUT2D eigenvalue weighted by atomic mass is 10.1. The van der Waals surface area contributed by atoms with Gasteiger partial charge in [-0.05, 0) is 24.6 Å². The van der Waals surface area contributed by atoms with Crippen molar-refractivity contribution in [3.63, 3.8) is 0 Å². The van der Waals surface area contributed by atoms with Gasteiger partial charge in [-0.25, -0.2) is 0 Å². The molecule has 0 aliphatic carbocycles. The van der Waals surface area contributed by atoms with Gasteiger partial charge in [0.1, 0.15) is 10.6 Å². The number of benzene rings is 1. The summed E-state index contributed by atoms with van der Waals surface area (Å²) in [5.41, 5.74) is 0.172. The summed E-state index contributed by atoms with van der Waals surface area (Å²) in [4.78, 5) is -1.62. The summed E-state index contributed by atoms with van der Waals surface area (Å²) in [6, 6.07) is 5.85. The lowest BCUT2D eigenvalue weighted by Crippen LogP contribution is -2.15. The van der Waals surface area contributed by atoms with Crippen LogP contribution < -0.4 is 4.74 Å². The Morgan fingerprint density at radius 1 is 1.27 bits per heavy atom. The highest BCUT2D eigenvalue weighted by atomic mass is 79.9. The summed E-state index contributed by atoms with van der Waals surface area (Å²) in [7, 11) is 0. The van der Waals surface area contributed by atoms with Gasteiger partial charge in [-0.1, -0.05) is 28.1 Å². The molecule has 0 amide bonds. The van der Waals surface area contributed by atoms with Crippen molar-refractivity contribution in [2.24, 2.45) is 0 Å². The van der Waals surface area contributed by atoms with Gasteiger partial charge in [0.25, 0.3) is 0 Å². The smallest absolute Gasteiger partial charge is 0.405 e. The Balaban J connectivity index is 2.80. The van der Waals surface area contributed by atoms with E-state index >= 15 is 0 Å². The molecule has 0 radical (unpaired) electrons. The standard InChI is InChI=1S/C10H10BrF3O/c1-2-15-8-5-3-7(4-6-8)9(11)10(12,13)14/h3-6,9H,2H2,1H3. The Bertz CT molecular complexity index is 307. The zero-order valence-electron chi connectivity index (χ0n) is 8.01. The van der Waals surface area contributed by atoms with E-state index in [0.29, 0.717) is 12.4 Å². The van der Waals surface area contributed by atoms with Crippen molar-refractivity contribution in [3.8, 4) is 5.75 Å². The van der Waals surface area contributed by atoms with Crippen molar-refractivity contribution < 1.29 is 17.9 Å². The Morgan fingerprint density at radius 3 is 2.20 bits per heavy atom. The molecule has 0 aromatic heterocycles. The molecule has 0 bridgehead atoms. The van der Waals surface area contributed by atoms with Crippen LogP contribution in [0.2, 0.25) is 0 Å². The second-order valence-electron chi connectivity index (χ2n) is 2.91. The molecule has 0 aliphatic rings. The summed E-state index contributed by atoms with van der Waals surface area (Å²) in [6.07, 6.45) is -4.27. The molecule has 0 saturated carbocycles. The molecule has 1 aromatic carbocycles. The van der Waals surface area contributed by atoms with Gasteiger partial charge >= 0.3 is 6.18 Å². The monoisotopic (exact) mass is 282 g/mol. The van der Waals surface area contributed by atoms with Crippen molar-refractivity contribution in [2.75, 3.05) is 6.61 Å². The van der Waals surface area contributed by atoms with Gasteiger partial charge in [0.05, 0.1) is 6.61 Å². The average Bonchev–Trinajstić information content (AvgIpc) is 2.17. The third-order valence-corrected chi connectivity index (χ3v) is 2.82. The van der Waals surface area contributed by atoms with Crippen molar-refractivity contribution >= 4 is 15.9 Å². The third kappa shape index (κ3) is 3.41. The minimum Gasteiger partial charge on any atom is -0.494 e. The van der Waals surface area contributed by atoms with E-state index in [1.807, 2.05) is 6.92 Å². The van der Waals surface area contributed by atoms with E-state index in [4.69, 9.17) is 4.74 Å². The summed E-state index contributed by atoms with van der Waals surface area (Å²) in [6.45, 7) is 2.31. The van der Waals surface area contributed by atoms with Gasteiger partial charge in [-0.3, -0.25) is 0 Å². The average molecular weight is 283 g/mol. The maximum Gasteiger partial charge on any atom is 0.405 e. The van der Waals surface area contributed by atoms with Crippen LogP contribution in [-0.2, 0) is 0 Å². The van der Waals surface area contributed by atoms with Gasteiger partial charge < -0.3 is 4.74 Å². The molecule has 0 spiro atoms. The van der Waals surface area contributed by atoms with Crippen LogP contribution >= 0.6 is 15.9 Å². The topological polar surface area (TPSA) is 9.23 Å². The first kappa shape index (κ1) is 12.4. The fraction of sp³-hybridized carbons (Fsp3) is 0.400. The second-order valence-corrected chi connectivity index (χ2v) is 3.82. The fourth-order valence-corrected chi connectivity index (χ4v) is 1.39. The van der Waals surface area contributed by atoms with Crippen LogP contribution in [0.3, 0.4) is 0 Å². The number of hydrogen-bond acceptors (Lipinski definition) is 1. The molecule has 1 rings (SSSR count). The zero-order chi connectivity index (χ0) is 11.5. The highest BCUT2D eigenvalue weighted by molar-refractivity contribution is 9.09. The summed E-state index contributed by atoms with van der Waals surface area (Å²) >= 11 is 2.60. The van der Waals surface area contributed by atoms with Gasteiger partial charge in [0.2, 0.25) is 0 Å². The van der Waals surface area contributed by atoms with Gasteiger partial charge in [0, 0.05) is 0 Å². The maximum atomic E-state index is 12.3. The van der Waals surface area contributed by atoms with E-state index in [0.717, 1.165) is 0 Å². The van der Waals surface area contributed by atoms with Crippen LogP contribution in [0.25, 0.3) is 0 Å². The van der Waals surface area contributed by atoms with E-state index < -0.39 is 11.0 Å². The fourth-order valence-electron chi connectivity index (χ4n) is 1.09. The largest absolute Gasteiger partial charge is 0.494 e. The second kappa shape index (κ2) is 4.88. The molecule has 0 heterocycles. The van der Waals surface area contributed by atoms with E-state index in [1.54, 1.807) is 0 Å². The molecule has 1 aromatic rings. The number of ether oxygens (including phenoxy) is 1. The minimum atomic E-state index is -4.27. The minimum absolute atomic E-state index is 0.172. The van der Waals surface area contributed by atoms with Gasteiger partial charge in [-0.15, -0.1) is 0 Å². The number of halogens is 4. The normalized spacial score (nSPS) is 13.7. The molecular weight excluding hydrogens is 273 g/mol. The molecule has 0 aliphatic heterocycles. The Morgan fingerprint density at radius 2 is 1.80 bits per heavy atom. The zero-order valence-corrected chi connectivity index (χ0v) is 9.60. The molecule has 5 heteroatoms. The molecule has 1 unspecified atom stereocenters. The summed E-state index contributed by atoms with van der Waals surface area (Å²) in [5, 5.41) is 0.